The van der Waals surface area contributed by atoms with Crippen molar-refractivity contribution in [3.63, 3.8) is 0 Å². The molecule has 2 rings (SSSR count). The molecular weight excluding hydrogens is 292 g/mol. The van der Waals surface area contributed by atoms with E-state index in [1.54, 1.807) is 0 Å². The van der Waals surface area contributed by atoms with Crippen molar-refractivity contribution in [1.29, 1.82) is 0 Å². The second-order valence-corrected chi connectivity index (χ2v) is 7.51. The molecule has 4 heteroatoms. The predicted octanol–water partition coefficient (Wildman–Crippen LogP) is 3.87. The lowest BCUT2D eigenvalue weighted by atomic mass is 9.70. The Kier molecular flexibility index (Phi) is 5.56. The molecule has 0 N–H and O–H groups in total. The molecule has 3 unspecified atom stereocenters. The van der Waals surface area contributed by atoms with Gasteiger partial charge >= 0.3 is 5.97 Å². The second kappa shape index (κ2) is 7.08. The van der Waals surface area contributed by atoms with E-state index in [0.717, 1.165) is 12.8 Å². The van der Waals surface area contributed by atoms with Crippen LogP contribution in [0.4, 0.5) is 0 Å². The number of hydrogen-bond acceptors (Lipinski definition) is 4. The average Bonchev–Trinajstić information content (AvgIpc) is 2.83. The summed E-state index contributed by atoms with van der Waals surface area (Å²) in [6.45, 7) is 15.6. The van der Waals surface area contributed by atoms with Crippen LogP contribution in [0.25, 0.3) is 0 Å². The molecule has 2 saturated carbocycles. The third kappa shape index (κ3) is 3.47. The molecule has 0 heterocycles. The van der Waals surface area contributed by atoms with E-state index in [4.69, 9.17) is 14.2 Å². The Morgan fingerprint density at radius 3 is 2.57 bits per heavy atom. The molecule has 0 aromatic carbocycles. The van der Waals surface area contributed by atoms with Gasteiger partial charge in [0, 0.05) is 17.4 Å². The van der Waals surface area contributed by atoms with Gasteiger partial charge in [-0.1, -0.05) is 33.9 Å². The number of rotatable bonds is 9. The van der Waals surface area contributed by atoms with Crippen LogP contribution >= 0.6 is 0 Å². The molecule has 0 radical (unpaired) electrons. The highest BCUT2D eigenvalue weighted by Gasteiger charge is 2.62. The zero-order chi connectivity index (χ0) is 17.1. The molecule has 0 aliphatic heterocycles. The summed E-state index contributed by atoms with van der Waals surface area (Å²) in [7, 11) is 0. The lowest BCUT2D eigenvalue weighted by molar-refractivity contribution is -0.152. The van der Waals surface area contributed by atoms with Crippen molar-refractivity contribution < 1.29 is 19.0 Å². The van der Waals surface area contributed by atoms with Gasteiger partial charge in [-0.25, -0.2) is 4.79 Å². The van der Waals surface area contributed by atoms with Crippen molar-refractivity contribution in [1.82, 2.24) is 0 Å². The van der Waals surface area contributed by atoms with E-state index in [-0.39, 0.29) is 22.9 Å². The number of carbonyl (C=O) groups excluding carboxylic acids is 1. The molecule has 0 saturated heterocycles. The number of esters is 1. The van der Waals surface area contributed by atoms with Crippen LogP contribution in [-0.2, 0) is 19.0 Å². The summed E-state index contributed by atoms with van der Waals surface area (Å²) in [6, 6.07) is 0. The highest BCUT2D eigenvalue weighted by atomic mass is 16.5. The van der Waals surface area contributed by atoms with Crippen LogP contribution in [0.15, 0.2) is 25.0 Å². The average molecular weight is 322 g/mol. The molecular formula is C19H30O4. The molecule has 2 aliphatic carbocycles. The number of carbonyl (C=O) groups is 1. The summed E-state index contributed by atoms with van der Waals surface area (Å²) < 4.78 is 16.2. The molecule has 3 atom stereocenters. The van der Waals surface area contributed by atoms with Gasteiger partial charge in [-0.3, -0.25) is 0 Å². The zero-order valence-electron chi connectivity index (χ0n) is 14.7. The summed E-state index contributed by atoms with van der Waals surface area (Å²) in [5.74, 6) is 0.386. The van der Waals surface area contributed by atoms with Crippen molar-refractivity contribution in [3.8, 4) is 0 Å². The Bertz CT molecular complexity index is 468. The first-order valence-electron chi connectivity index (χ1n) is 8.52. The van der Waals surface area contributed by atoms with Crippen LogP contribution < -0.4 is 0 Å². The zero-order valence-corrected chi connectivity index (χ0v) is 14.7. The summed E-state index contributed by atoms with van der Waals surface area (Å²) >= 11 is 0. The van der Waals surface area contributed by atoms with Gasteiger partial charge in [-0.05, 0) is 30.6 Å². The monoisotopic (exact) mass is 322 g/mol. The third-order valence-corrected chi connectivity index (χ3v) is 6.26. The largest absolute Gasteiger partial charge is 0.499 e. The minimum atomic E-state index is -0.273. The van der Waals surface area contributed by atoms with E-state index in [0.29, 0.717) is 37.7 Å². The van der Waals surface area contributed by atoms with E-state index in [1.165, 1.54) is 12.7 Å². The van der Waals surface area contributed by atoms with E-state index in [1.807, 2.05) is 0 Å². The second-order valence-electron chi connectivity index (χ2n) is 7.51. The van der Waals surface area contributed by atoms with Gasteiger partial charge in [-0.2, -0.15) is 0 Å². The van der Waals surface area contributed by atoms with Crippen molar-refractivity contribution >= 4 is 5.97 Å². The normalized spacial score (nSPS) is 30.9. The number of fused-ring (bicyclic) bond motifs is 2. The minimum absolute atomic E-state index is 0.0161. The smallest absolute Gasteiger partial charge is 0.333 e. The Labute approximate surface area is 139 Å². The maximum absolute atomic E-state index is 12.3. The first-order valence-corrected chi connectivity index (χ1v) is 8.52. The number of ether oxygens (including phenoxy) is 3. The van der Waals surface area contributed by atoms with Crippen molar-refractivity contribution in [3.05, 3.63) is 25.0 Å². The highest BCUT2D eigenvalue weighted by Crippen LogP contribution is 2.66. The van der Waals surface area contributed by atoms with E-state index < -0.39 is 0 Å². The molecule has 130 valence electrons. The fourth-order valence-electron chi connectivity index (χ4n) is 4.11. The van der Waals surface area contributed by atoms with Crippen LogP contribution in [-0.4, -0.2) is 31.9 Å². The van der Waals surface area contributed by atoms with E-state index in [9.17, 15) is 4.79 Å². The van der Waals surface area contributed by atoms with Gasteiger partial charge < -0.3 is 14.2 Å². The molecule has 0 spiro atoms. The minimum Gasteiger partial charge on any atom is -0.499 e. The molecule has 2 fully saturated rings. The van der Waals surface area contributed by atoms with Crippen LogP contribution in [0.1, 0.15) is 46.5 Å². The first-order chi connectivity index (χ1) is 10.8. The third-order valence-electron chi connectivity index (χ3n) is 6.26. The summed E-state index contributed by atoms with van der Waals surface area (Å²) in [5, 5.41) is 0. The number of hydrogen-bond donors (Lipinski definition) is 0. The maximum Gasteiger partial charge on any atom is 0.333 e. The Morgan fingerprint density at radius 2 is 2.00 bits per heavy atom. The van der Waals surface area contributed by atoms with Crippen molar-refractivity contribution in [2.45, 2.75) is 52.6 Å². The van der Waals surface area contributed by atoms with Gasteiger partial charge in [0.15, 0.2) is 0 Å². The summed E-state index contributed by atoms with van der Waals surface area (Å²) in [4.78, 5) is 12.3. The Balaban J connectivity index is 1.75. The Morgan fingerprint density at radius 1 is 1.26 bits per heavy atom. The van der Waals surface area contributed by atoms with Gasteiger partial charge in [0.25, 0.3) is 0 Å². The molecule has 0 amide bonds. The molecule has 0 aromatic heterocycles. The molecule has 4 nitrogen and oxygen atoms in total. The highest BCUT2D eigenvalue weighted by molar-refractivity contribution is 5.87. The summed E-state index contributed by atoms with van der Waals surface area (Å²) in [5.41, 5.74) is 0.818. The maximum atomic E-state index is 12.3. The van der Waals surface area contributed by atoms with Gasteiger partial charge in [0.05, 0.1) is 19.5 Å². The van der Waals surface area contributed by atoms with Crippen molar-refractivity contribution in [2.24, 2.45) is 16.7 Å². The lowest BCUT2D eigenvalue weighted by Gasteiger charge is -2.38. The SMILES string of the molecule is C=COCCOCCC(=C)C(=O)OC1CC2CCC1(C)C2(C)C. The fraction of sp³-hybridized carbons (Fsp3) is 0.737. The van der Waals surface area contributed by atoms with E-state index >= 15 is 0 Å². The standard InChI is InChI=1S/C19H30O4/c1-6-21-11-12-22-10-8-14(2)17(20)23-16-13-15-7-9-19(16,5)18(15,3)4/h6,15-16H,1-2,7-13H2,3-5H3. The van der Waals surface area contributed by atoms with Gasteiger partial charge in [0.1, 0.15) is 12.7 Å². The van der Waals surface area contributed by atoms with Crippen LogP contribution in [0.3, 0.4) is 0 Å². The van der Waals surface area contributed by atoms with Gasteiger partial charge in [-0.15, -0.1) is 0 Å². The molecule has 23 heavy (non-hydrogen) atoms. The van der Waals surface area contributed by atoms with Crippen LogP contribution in [0.2, 0.25) is 0 Å². The molecule has 2 bridgehead atoms. The van der Waals surface area contributed by atoms with Crippen LogP contribution in [0.5, 0.6) is 0 Å². The quantitative estimate of drug-likeness (QED) is 0.280. The Hall–Kier alpha value is -1.29. The first kappa shape index (κ1) is 18.1. The van der Waals surface area contributed by atoms with Crippen molar-refractivity contribution in [2.75, 3.05) is 19.8 Å². The predicted molar refractivity (Wildman–Crippen MR) is 89.8 cm³/mol. The topological polar surface area (TPSA) is 44.8 Å². The fourth-order valence-corrected chi connectivity index (χ4v) is 4.11. The van der Waals surface area contributed by atoms with Crippen LogP contribution in [0, 0.1) is 16.7 Å². The molecule has 2 aliphatic rings. The summed E-state index contributed by atoms with van der Waals surface area (Å²) in [6.07, 6.45) is 5.26. The molecule has 0 aromatic rings. The van der Waals surface area contributed by atoms with Gasteiger partial charge in [0.2, 0.25) is 0 Å². The van der Waals surface area contributed by atoms with E-state index in [2.05, 4.69) is 33.9 Å². The lowest BCUT2D eigenvalue weighted by Crippen LogP contribution is -2.38.